The van der Waals surface area contributed by atoms with Crippen molar-refractivity contribution in [2.24, 2.45) is 0 Å². The molecule has 0 saturated carbocycles. The van der Waals surface area contributed by atoms with Gasteiger partial charge in [-0.3, -0.25) is 4.79 Å². The van der Waals surface area contributed by atoms with E-state index in [0.29, 0.717) is 7.11 Å². The zero-order chi connectivity index (χ0) is 15.9. The molecule has 0 amide bonds. The van der Waals surface area contributed by atoms with E-state index < -0.39 is 34.4 Å². The van der Waals surface area contributed by atoms with E-state index >= 15 is 0 Å². The highest BCUT2D eigenvalue weighted by molar-refractivity contribution is 9.10. The molecule has 1 atom stereocenters. The third-order valence-electron chi connectivity index (χ3n) is 1.82. The maximum absolute atomic E-state index is 13.3. The normalized spacial score (nSPS) is 16.7. The highest BCUT2D eigenvalue weighted by Crippen LogP contribution is 2.50. The molecule has 0 aliphatic rings. The van der Waals surface area contributed by atoms with E-state index in [1.54, 1.807) is 0 Å². The Labute approximate surface area is 108 Å². The number of carbonyl (C=O) groups is 2. The fourth-order valence-electron chi connectivity index (χ4n) is 0.855. The van der Waals surface area contributed by atoms with Crippen molar-refractivity contribution in [1.29, 1.82) is 0 Å². The van der Waals surface area contributed by atoms with Gasteiger partial charge in [0.2, 0.25) is 5.78 Å². The van der Waals surface area contributed by atoms with Crippen molar-refractivity contribution < 1.29 is 49.4 Å². The molecule has 0 aliphatic carbocycles. The second-order valence-corrected chi connectivity index (χ2v) is 4.14. The van der Waals surface area contributed by atoms with Crippen LogP contribution < -0.4 is 0 Å². The highest BCUT2D eigenvalue weighted by atomic mass is 79.9. The van der Waals surface area contributed by atoms with Gasteiger partial charge in [0.15, 0.2) is 0 Å². The van der Waals surface area contributed by atoms with E-state index in [-0.39, 0.29) is 0 Å². The molecular weight excluding hydrogens is 364 g/mol. The molecule has 0 aromatic heterocycles. The predicted octanol–water partition coefficient (Wildman–Crippen LogP) is 2.62. The Morgan fingerprint density at radius 2 is 1.21 bits per heavy atom. The zero-order valence-electron chi connectivity index (χ0n) is 8.63. The molecule has 0 aliphatic heterocycles. The van der Waals surface area contributed by atoms with Gasteiger partial charge < -0.3 is 4.74 Å². The first-order valence-corrected chi connectivity index (χ1v) is 4.76. The van der Waals surface area contributed by atoms with Crippen LogP contribution in [0.4, 0.5) is 35.1 Å². The van der Waals surface area contributed by atoms with Gasteiger partial charge in [-0.1, -0.05) is 0 Å². The van der Waals surface area contributed by atoms with Gasteiger partial charge in [0.1, 0.15) is 0 Å². The smallest absolute Gasteiger partial charge is 0.439 e. The number of methoxy groups -OCH3 is 1. The van der Waals surface area contributed by atoms with Crippen LogP contribution in [0.1, 0.15) is 0 Å². The number of carbonyl (C=O) groups excluding carboxylic acids is 2. The summed E-state index contributed by atoms with van der Waals surface area (Å²) in [5.41, 5.74) is -6.56. The van der Waals surface area contributed by atoms with Crippen LogP contribution >= 0.6 is 15.9 Å². The van der Waals surface area contributed by atoms with E-state index in [1.165, 1.54) is 15.9 Å². The Hall–Kier alpha value is -0.940. The van der Waals surface area contributed by atoms with Gasteiger partial charge in [-0.15, -0.1) is 0 Å². The Bertz CT molecular complexity index is 371. The second kappa shape index (κ2) is 4.87. The lowest BCUT2D eigenvalue weighted by Crippen LogP contribution is -2.64. The summed E-state index contributed by atoms with van der Waals surface area (Å²) in [6.07, 6.45) is -13.6. The van der Waals surface area contributed by atoms with E-state index in [2.05, 4.69) is 4.74 Å². The van der Waals surface area contributed by atoms with Gasteiger partial charge in [-0.05, 0) is 15.9 Å². The van der Waals surface area contributed by atoms with Crippen molar-refractivity contribution in [3.8, 4) is 0 Å². The van der Waals surface area contributed by atoms with Gasteiger partial charge in [0.25, 0.3) is 0 Å². The maximum atomic E-state index is 13.3. The van der Waals surface area contributed by atoms with E-state index in [0.717, 1.165) is 0 Å². The van der Waals surface area contributed by atoms with Crippen LogP contribution in [-0.4, -0.2) is 41.5 Å². The number of ether oxygens (including phenoxy) is 1. The van der Waals surface area contributed by atoms with Gasteiger partial charge >= 0.3 is 28.6 Å². The molecule has 3 nitrogen and oxygen atoms in total. The fraction of sp³-hybridized carbons (Fsp3) is 0.714. The van der Waals surface area contributed by atoms with Crippen molar-refractivity contribution in [2.75, 3.05) is 7.11 Å². The quantitative estimate of drug-likeness (QED) is 0.334. The average Bonchev–Trinajstić information content (AvgIpc) is 2.22. The third-order valence-corrected chi connectivity index (χ3v) is 2.50. The molecule has 0 spiro atoms. The average molecular weight is 367 g/mol. The summed E-state index contributed by atoms with van der Waals surface area (Å²) in [6.45, 7) is 0. The van der Waals surface area contributed by atoms with Crippen molar-refractivity contribution >= 4 is 27.7 Å². The molecule has 0 aromatic rings. The Morgan fingerprint density at radius 1 is 0.895 bits per heavy atom. The lowest BCUT2D eigenvalue weighted by Gasteiger charge is -2.31. The molecule has 12 heteroatoms. The van der Waals surface area contributed by atoms with Gasteiger partial charge in [0.05, 0.1) is 7.11 Å². The van der Waals surface area contributed by atoms with Crippen molar-refractivity contribution in [3.63, 3.8) is 0 Å². The molecule has 0 fully saturated rings. The van der Waals surface area contributed by atoms with Crippen molar-refractivity contribution in [2.45, 2.75) is 22.6 Å². The third kappa shape index (κ3) is 2.82. The first-order chi connectivity index (χ1) is 8.14. The van der Waals surface area contributed by atoms with Gasteiger partial charge in [0, 0.05) is 0 Å². The van der Waals surface area contributed by atoms with E-state index in [9.17, 15) is 44.7 Å². The molecule has 0 N–H and O–H groups in total. The molecule has 19 heavy (non-hydrogen) atoms. The topological polar surface area (TPSA) is 43.4 Å². The molecule has 1 unspecified atom stereocenters. The zero-order valence-corrected chi connectivity index (χ0v) is 10.2. The summed E-state index contributed by atoms with van der Waals surface area (Å²) in [7, 11) is 0.367. The number of Topliss-reactive ketones (excluding diaryl/α,β-unsaturated/α-hetero) is 1. The molecule has 0 rings (SSSR count). The molecule has 0 aromatic carbocycles. The molecule has 112 valence electrons. The number of alkyl halides is 9. The van der Waals surface area contributed by atoms with Crippen LogP contribution in [0.2, 0.25) is 0 Å². The number of halogens is 9. The summed E-state index contributed by atoms with van der Waals surface area (Å²) < 4.78 is 97.8. The Morgan fingerprint density at radius 3 is 1.42 bits per heavy atom. The summed E-state index contributed by atoms with van der Waals surface area (Å²) in [5, 5.41) is 0. The van der Waals surface area contributed by atoms with Crippen molar-refractivity contribution in [1.82, 2.24) is 0 Å². The summed E-state index contributed by atoms with van der Waals surface area (Å²) in [4.78, 5) is 21.5. The van der Waals surface area contributed by atoms with Gasteiger partial charge in [-0.2, -0.15) is 26.3 Å². The number of esters is 1. The number of hydrogen-bond donors (Lipinski definition) is 0. The first kappa shape index (κ1) is 18.1. The van der Waals surface area contributed by atoms with Crippen LogP contribution in [0.5, 0.6) is 0 Å². The minimum Gasteiger partial charge on any atom is -0.466 e. The summed E-state index contributed by atoms with van der Waals surface area (Å²) in [5.74, 6) is -6.19. The fourth-order valence-corrected chi connectivity index (χ4v) is 1.29. The Balaban J connectivity index is 5.97. The Kier molecular flexibility index (Phi) is 4.63. The van der Waals surface area contributed by atoms with E-state index in [4.69, 9.17) is 0 Å². The minimum absolute atomic E-state index is 0.367. The largest absolute Gasteiger partial charge is 0.466 e. The second-order valence-electron chi connectivity index (χ2n) is 3.05. The summed E-state index contributed by atoms with van der Waals surface area (Å²) >= 11 is 1.36. The van der Waals surface area contributed by atoms with Crippen LogP contribution in [0.3, 0.4) is 0 Å². The molecule has 0 bridgehead atoms. The van der Waals surface area contributed by atoms with Crippen LogP contribution in [-0.2, 0) is 14.3 Å². The number of rotatable bonds is 3. The van der Waals surface area contributed by atoms with Crippen LogP contribution in [0, 0.1) is 0 Å². The highest BCUT2D eigenvalue weighted by Gasteiger charge is 2.81. The lowest BCUT2D eigenvalue weighted by molar-refractivity contribution is -0.326. The van der Waals surface area contributed by atoms with Crippen molar-refractivity contribution in [3.05, 3.63) is 0 Å². The molecule has 0 heterocycles. The lowest BCUT2D eigenvalue weighted by atomic mass is 9.95. The maximum Gasteiger partial charge on any atom is 0.439 e. The van der Waals surface area contributed by atoms with Crippen LogP contribution in [0.15, 0.2) is 0 Å². The summed E-state index contributed by atoms with van der Waals surface area (Å²) in [6, 6.07) is 0. The standard InChI is InChI=1S/C7H3BrF8O3/c1-19-3(18)4(8,9)2(17)5(10,6(11,12)13)7(14,15)16/h1H3. The van der Waals surface area contributed by atoms with Crippen LogP contribution in [0.25, 0.3) is 0 Å². The number of hydrogen-bond acceptors (Lipinski definition) is 3. The first-order valence-electron chi connectivity index (χ1n) is 3.97. The monoisotopic (exact) mass is 366 g/mol. The molecule has 0 saturated heterocycles. The van der Waals surface area contributed by atoms with Gasteiger partial charge in [-0.25, -0.2) is 13.6 Å². The molecular formula is C7H3BrF8O3. The predicted molar refractivity (Wildman–Crippen MR) is 45.7 cm³/mol. The van der Waals surface area contributed by atoms with E-state index in [1.807, 2.05) is 0 Å². The minimum atomic E-state index is -6.82. The molecule has 0 radical (unpaired) electrons. The SMILES string of the molecule is COC(=O)C(F)(Br)C(=O)C(F)(C(F)(F)F)C(F)(F)F. The number of ketones is 1.